The van der Waals surface area contributed by atoms with Crippen LogP contribution in [0, 0.1) is 10.1 Å². The van der Waals surface area contributed by atoms with Crippen molar-refractivity contribution in [1.29, 1.82) is 0 Å². The molecule has 2 aromatic rings. The number of nitrogens with zero attached hydrogens (tertiary/aromatic N) is 3. The second-order valence-electron chi connectivity index (χ2n) is 4.10. The number of non-ortho nitro benzene ring substituents is 1. The van der Waals surface area contributed by atoms with Gasteiger partial charge < -0.3 is 10.6 Å². The predicted molar refractivity (Wildman–Crippen MR) is 77.2 cm³/mol. The molecule has 8 heteroatoms. The Bertz CT molecular complexity index is 657. The minimum atomic E-state index is -0.527. The zero-order chi connectivity index (χ0) is 15.2. The van der Waals surface area contributed by atoms with E-state index in [0.29, 0.717) is 18.1 Å². The molecule has 8 nitrogen and oxygen atoms in total. The lowest BCUT2D eigenvalue weighted by Crippen LogP contribution is -2.15. The predicted octanol–water partition coefficient (Wildman–Crippen LogP) is 2.07. The zero-order valence-electron chi connectivity index (χ0n) is 11.2. The molecule has 0 atom stereocenters. The van der Waals surface area contributed by atoms with Crippen LogP contribution < -0.4 is 10.6 Å². The number of anilines is 2. The van der Waals surface area contributed by atoms with Gasteiger partial charge in [0.2, 0.25) is 0 Å². The van der Waals surface area contributed by atoms with Gasteiger partial charge in [0.25, 0.3) is 11.6 Å². The molecule has 0 aliphatic heterocycles. The molecule has 21 heavy (non-hydrogen) atoms. The molecule has 1 heterocycles. The van der Waals surface area contributed by atoms with Crippen molar-refractivity contribution in [2.45, 2.75) is 6.92 Å². The maximum Gasteiger partial charge on any atom is 0.276 e. The van der Waals surface area contributed by atoms with Gasteiger partial charge >= 0.3 is 0 Å². The summed E-state index contributed by atoms with van der Waals surface area (Å²) in [6, 6.07) is 8.84. The molecule has 0 fully saturated rings. The number of nitro benzene ring substituents is 1. The van der Waals surface area contributed by atoms with Crippen LogP contribution in [0.1, 0.15) is 17.4 Å². The third-order valence-corrected chi connectivity index (χ3v) is 2.57. The Labute approximate surface area is 120 Å². The summed E-state index contributed by atoms with van der Waals surface area (Å²) in [5.41, 5.74) is 0.358. The SMILES string of the molecule is CCNc1ccc(C(=O)Nc2cccc([N+](=O)[O-])c2)nn1. The molecule has 1 aromatic carbocycles. The number of hydrogen-bond donors (Lipinski definition) is 2. The normalized spacial score (nSPS) is 9.95. The highest BCUT2D eigenvalue weighted by Crippen LogP contribution is 2.17. The van der Waals surface area contributed by atoms with Gasteiger partial charge in [-0.1, -0.05) is 6.07 Å². The van der Waals surface area contributed by atoms with Gasteiger partial charge in [0.1, 0.15) is 5.82 Å². The standard InChI is InChI=1S/C13H13N5O3/c1-2-14-12-7-6-11(16-17-12)13(19)15-9-4-3-5-10(8-9)18(20)21/h3-8H,2H2,1H3,(H,14,17)(H,15,19). The first-order chi connectivity index (χ1) is 10.1. The molecule has 2 N–H and O–H groups in total. The topological polar surface area (TPSA) is 110 Å². The van der Waals surface area contributed by atoms with Gasteiger partial charge in [0, 0.05) is 24.4 Å². The second-order valence-corrected chi connectivity index (χ2v) is 4.10. The summed E-state index contributed by atoms with van der Waals surface area (Å²) in [5.74, 6) is 0.0930. The van der Waals surface area contributed by atoms with Gasteiger partial charge in [-0.3, -0.25) is 14.9 Å². The molecule has 1 aromatic heterocycles. The third-order valence-electron chi connectivity index (χ3n) is 2.57. The summed E-state index contributed by atoms with van der Waals surface area (Å²) in [7, 11) is 0. The van der Waals surface area contributed by atoms with Gasteiger partial charge in [0.15, 0.2) is 5.69 Å². The number of aromatic nitrogens is 2. The lowest BCUT2D eigenvalue weighted by atomic mass is 10.2. The van der Waals surface area contributed by atoms with E-state index in [-0.39, 0.29) is 11.4 Å². The van der Waals surface area contributed by atoms with Gasteiger partial charge in [0.05, 0.1) is 4.92 Å². The number of nitrogens with one attached hydrogen (secondary N) is 2. The molecule has 0 spiro atoms. The fraction of sp³-hybridized carbons (Fsp3) is 0.154. The first-order valence-corrected chi connectivity index (χ1v) is 6.23. The van der Waals surface area contributed by atoms with Crippen molar-refractivity contribution in [2.75, 3.05) is 17.2 Å². The zero-order valence-corrected chi connectivity index (χ0v) is 11.2. The van der Waals surface area contributed by atoms with Gasteiger partial charge in [-0.2, -0.15) is 0 Å². The number of nitro groups is 1. The molecule has 0 aliphatic carbocycles. The Morgan fingerprint density at radius 3 is 2.71 bits per heavy atom. The van der Waals surface area contributed by atoms with E-state index in [2.05, 4.69) is 20.8 Å². The summed E-state index contributed by atoms with van der Waals surface area (Å²) in [5, 5.41) is 23.8. The minimum Gasteiger partial charge on any atom is -0.369 e. The Morgan fingerprint density at radius 1 is 1.29 bits per heavy atom. The fourth-order valence-electron chi connectivity index (χ4n) is 1.62. The van der Waals surface area contributed by atoms with Crippen molar-refractivity contribution < 1.29 is 9.72 Å². The van der Waals surface area contributed by atoms with Crippen LogP contribution >= 0.6 is 0 Å². The maximum absolute atomic E-state index is 12.0. The average Bonchev–Trinajstić information content (AvgIpc) is 2.48. The number of amides is 1. The quantitative estimate of drug-likeness (QED) is 0.643. The van der Waals surface area contributed by atoms with Gasteiger partial charge in [-0.05, 0) is 25.1 Å². The van der Waals surface area contributed by atoms with Crippen LogP contribution in [0.25, 0.3) is 0 Å². The number of hydrogen-bond acceptors (Lipinski definition) is 6. The highest BCUT2D eigenvalue weighted by molar-refractivity contribution is 6.02. The van der Waals surface area contributed by atoms with Crippen LogP contribution in [0.4, 0.5) is 17.2 Å². The van der Waals surface area contributed by atoms with Gasteiger partial charge in [-0.15, -0.1) is 10.2 Å². The van der Waals surface area contributed by atoms with E-state index in [1.807, 2.05) is 6.92 Å². The van der Waals surface area contributed by atoms with Crippen LogP contribution in [-0.4, -0.2) is 27.6 Å². The fourth-order valence-corrected chi connectivity index (χ4v) is 1.62. The van der Waals surface area contributed by atoms with E-state index in [1.165, 1.54) is 24.3 Å². The van der Waals surface area contributed by atoms with Crippen molar-refractivity contribution in [3.63, 3.8) is 0 Å². The summed E-state index contributed by atoms with van der Waals surface area (Å²) in [6.45, 7) is 2.62. The Morgan fingerprint density at radius 2 is 2.10 bits per heavy atom. The molecule has 0 aliphatic rings. The van der Waals surface area contributed by atoms with Crippen molar-refractivity contribution in [2.24, 2.45) is 0 Å². The van der Waals surface area contributed by atoms with Crippen LogP contribution in [-0.2, 0) is 0 Å². The van der Waals surface area contributed by atoms with E-state index in [4.69, 9.17) is 0 Å². The molecule has 0 bridgehead atoms. The average molecular weight is 287 g/mol. The lowest BCUT2D eigenvalue weighted by molar-refractivity contribution is -0.384. The summed E-state index contributed by atoms with van der Waals surface area (Å²) in [4.78, 5) is 22.1. The molecule has 1 amide bonds. The first-order valence-electron chi connectivity index (χ1n) is 6.23. The lowest BCUT2D eigenvalue weighted by Gasteiger charge is -2.05. The van der Waals surface area contributed by atoms with Crippen molar-refractivity contribution in [1.82, 2.24) is 10.2 Å². The third kappa shape index (κ3) is 3.72. The number of carbonyl (C=O) groups is 1. The molecular weight excluding hydrogens is 274 g/mol. The maximum atomic E-state index is 12.0. The van der Waals surface area contributed by atoms with Crippen LogP contribution in [0.5, 0.6) is 0 Å². The van der Waals surface area contributed by atoms with E-state index in [0.717, 1.165) is 0 Å². The number of rotatable bonds is 5. The molecule has 0 radical (unpaired) electrons. The molecule has 0 saturated heterocycles. The molecular formula is C13H13N5O3. The van der Waals surface area contributed by atoms with E-state index < -0.39 is 10.8 Å². The van der Waals surface area contributed by atoms with Crippen molar-refractivity contribution >= 4 is 23.1 Å². The highest BCUT2D eigenvalue weighted by atomic mass is 16.6. The minimum absolute atomic E-state index is 0.0959. The largest absolute Gasteiger partial charge is 0.369 e. The van der Waals surface area contributed by atoms with Gasteiger partial charge in [-0.25, -0.2) is 0 Å². The number of benzene rings is 1. The van der Waals surface area contributed by atoms with Crippen LogP contribution in [0.15, 0.2) is 36.4 Å². The highest BCUT2D eigenvalue weighted by Gasteiger charge is 2.11. The first kappa shape index (κ1) is 14.4. The summed E-state index contributed by atoms with van der Waals surface area (Å²) < 4.78 is 0. The van der Waals surface area contributed by atoms with Crippen molar-refractivity contribution in [3.05, 3.63) is 52.2 Å². The molecule has 108 valence electrons. The van der Waals surface area contributed by atoms with Crippen LogP contribution in [0.3, 0.4) is 0 Å². The second kappa shape index (κ2) is 6.42. The molecule has 2 rings (SSSR count). The molecule has 0 saturated carbocycles. The van der Waals surface area contributed by atoms with Crippen molar-refractivity contribution in [3.8, 4) is 0 Å². The Balaban J connectivity index is 2.10. The van der Waals surface area contributed by atoms with E-state index in [1.54, 1.807) is 12.1 Å². The monoisotopic (exact) mass is 287 g/mol. The van der Waals surface area contributed by atoms with E-state index >= 15 is 0 Å². The number of carbonyl (C=O) groups excluding carboxylic acids is 1. The van der Waals surface area contributed by atoms with E-state index in [9.17, 15) is 14.9 Å². The Hall–Kier alpha value is -3.03. The smallest absolute Gasteiger partial charge is 0.276 e. The summed E-state index contributed by atoms with van der Waals surface area (Å²) >= 11 is 0. The summed E-state index contributed by atoms with van der Waals surface area (Å²) in [6.07, 6.45) is 0. The molecule has 0 unspecified atom stereocenters. The Kier molecular flexibility index (Phi) is 4.39. The van der Waals surface area contributed by atoms with Crippen LogP contribution in [0.2, 0.25) is 0 Å².